The Hall–Kier alpha value is -0.290. The summed E-state index contributed by atoms with van der Waals surface area (Å²) < 4.78 is 38.3. The molecule has 0 aromatic heterocycles. The van der Waals surface area contributed by atoms with Crippen molar-refractivity contribution in [1.82, 2.24) is 4.90 Å². The summed E-state index contributed by atoms with van der Waals surface area (Å²) in [5.41, 5.74) is 5.25. The Kier molecular flexibility index (Phi) is 4.40. The van der Waals surface area contributed by atoms with Crippen molar-refractivity contribution in [1.29, 1.82) is 0 Å². The predicted molar refractivity (Wildman–Crippen MR) is 53.5 cm³/mol. The Morgan fingerprint density at radius 3 is 2.53 bits per heavy atom. The Labute approximate surface area is 88.6 Å². The maximum Gasteiger partial charge on any atom is 0.404 e. The molecule has 1 rings (SSSR count). The minimum atomic E-state index is -4.15. The highest BCUT2D eigenvalue weighted by Crippen LogP contribution is 2.31. The molecule has 90 valence electrons. The van der Waals surface area contributed by atoms with E-state index in [9.17, 15) is 13.2 Å². The summed E-state index contributed by atoms with van der Waals surface area (Å²) in [6, 6.07) is -1.32. The maximum atomic E-state index is 12.8. The molecule has 2 nitrogen and oxygen atoms in total. The molecule has 1 aliphatic heterocycles. The molecule has 0 aromatic carbocycles. The van der Waals surface area contributed by atoms with Crippen molar-refractivity contribution >= 4 is 0 Å². The van der Waals surface area contributed by atoms with E-state index in [2.05, 4.69) is 0 Å². The second-order valence-electron chi connectivity index (χ2n) is 4.22. The van der Waals surface area contributed by atoms with Crippen molar-refractivity contribution in [3.8, 4) is 0 Å². The monoisotopic (exact) mass is 224 g/mol. The third-order valence-electron chi connectivity index (χ3n) is 3.07. The van der Waals surface area contributed by atoms with E-state index in [1.165, 1.54) is 0 Å². The first kappa shape index (κ1) is 12.8. The number of alkyl halides is 3. The lowest BCUT2D eigenvalue weighted by atomic mass is 9.99. The Bertz CT molecular complexity index is 194. The number of hydrogen-bond acceptors (Lipinski definition) is 2. The van der Waals surface area contributed by atoms with Crippen LogP contribution in [0.15, 0.2) is 0 Å². The average Bonchev–Trinajstić information content (AvgIpc) is 2.14. The number of likely N-dealkylation sites (tertiary alicyclic amines) is 1. The van der Waals surface area contributed by atoms with Crippen LogP contribution in [0, 0.1) is 0 Å². The lowest BCUT2D eigenvalue weighted by Crippen LogP contribution is -2.52. The van der Waals surface area contributed by atoms with Gasteiger partial charge in [0.1, 0.15) is 6.04 Å². The van der Waals surface area contributed by atoms with Gasteiger partial charge in [-0.05, 0) is 39.3 Å². The third-order valence-corrected chi connectivity index (χ3v) is 3.07. The summed E-state index contributed by atoms with van der Waals surface area (Å²) in [5.74, 6) is 0. The molecular formula is C10H19F3N2. The maximum absolute atomic E-state index is 12.8. The molecule has 0 bridgehead atoms. The van der Waals surface area contributed by atoms with Gasteiger partial charge in [-0.3, -0.25) is 4.90 Å². The molecule has 0 amide bonds. The fourth-order valence-electron chi connectivity index (χ4n) is 2.26. The van der Waals surface area contributed by atoms with Crippen LogP contribution in [-0.4, -0.2) is 36.2 Å². The summed E-state index contributed by atoms with van der Waals surface area (Å²) >= 11 is 0. The van der Waals surface area contributed by atoms with Gasteiger partial charge in [-0.2, -0.15) is 13.2 Å². The van der Waals surface area contributed by atoms with Crippen LogP contribution in [0.4, 0.5) is 13.2 Å². The van der Waals surface area contributed by atoms with Gasteiger partial charge in [-0.1, -0.05) is 6.42 Å². The van der Waals surface area contributed by atoms with E-state index in [1.54, 1.807) is 4.90 Å². The molecule has 2 atom stereocenters. The lowest BCUT2D eigenvalue weighted by Gasteiger charge is -2.40. The largest absolute Gasteiger partial charge is 0.404 e. The SMILES string of the molecule is CC1CCCCN1C(CCN)C(F)(F)F. The van der Waals surface area contributed by atoms with Crippen LogP contribution >= 0.6 is 0 Å². The fraction of sp³-hybridized carbons (Fsp3) is 1.00. The van der Waals surface area contributed by atoms with Gasteiger partial charge in [0.15, 0.2) is 0 Å². The Morgan fingerprint density at radius 2 is 2.07 bits per heavy atom. The van der Waals surface area contributed by atoms with Gasteiger partial charge in [0.05, 0.1) is 0 Å². The summed E-state index contributed by atoms with van der Waals surface area (Å²) in [6.45, 7) is 2.51. The van der Waals surface area contributed by atoms with Gasteiger partial charge in [-0.15, -0.1) is 0 Å². The Balaban J connectivity index is 2.69. The number of rotatable bonds is 3. The summed E-state index contributed by atoms with van der Waals surface area (Å²) in [7, 11) is 0. The molecular weight excluding hydrogens is 205 g/mol. The minimum Gasteiger partial charge on any atom is -0.330 e. The molecule has 2 N–H and O–H groups in total. The van der Waals surface area contributed by atoms with E-state index < -0.39 is 12.2 Å². The molecule has 1 heterocycles. The molecule has 1 saturated heterocycles. The zero-order valence-corrected chi connectivity index (χ0v) is 9.06. The zero-order valence-electron chi connectivity index (χ0n) is 9.06. The van der Waals surface area contributed by atoms with E-state index in [1.807, 2.05) is 6.92 Å². The van der Waals surface area contributed by atoms with Crippen LogP contribution in [0.2, 0.25) is 0 Å². The second kappa shape index (κ2) is 5.16. The lowest BCUT2D eigenvalue weighted by molar-refractivity contribution is -0.193. The number of hydrogen-bond donors (Lipinski definition) is 1. The van der Waals surface area contributed by atoms with E-state index in [4.69, 9.17) is 5.73 Å². The van der Waals surface area contributed by atoms with E-state index in [0.717, 1.165) is 19.3 Å². The first-order valence-corrected chi connectivity index (χ1v) is 5.49. The van der Waals surface area contributed by atoms with Crippen LogP contribution in [0.5, 0.6) is 0 Å². The van der Waals surface area contributed by atoms with Gasteiger partial charge >= 0.3 is 6.18 Å². The standard InChI is InChI=1S/C10H19F3N2/c1-8-4-2-3-7-15(8)9(5-6-14)10(11,12)13/h8-9H,2-7,14H2,1H3. The van der Waals surface area contributed by atoms with Crippen LogP contribution in [-0.2, 0) is 0 Å². The highest BCUT2D eigenvalue weighted by Gasteiger charge is 2.44. The van der Waals surface area contributed by atoms with Gasteiger partial charge in [0.25, 0.3) is 0 Å². The minimum absolute atomic E-state index is 0.00778. The van der Waals surface area contributed by atoms with Crippen molar-refractivity contribution in [2.24, 2.45) is 5.73 Å². The number of halogens is 3. The van der Waals surface area contributed by atoms with E-state index >= 15 is 0 Å². The number of nitrogens with two attached hydrogens (primary N) is 1. The number of piperidine rings is 1. The molecule has 0 aromatic rings. The van der Waals surface area contributed by atoms with Crippen LogP contribution in [0.3, 0.4) is 0 Å². The van der Waals surface area contributed by atoms with Crippen LogP contribution in [0.25, 0.3) is 0 Å². The first-order chi connectivity index (χ1) is 6.96. The van der Waals surface area contributed by atoms with Crippen LogP contribution in [0.1, 0.15) is 32.6 Å². The van der Waals surface area contributed by atoms with Gasteiger partial charge < -0.3 is 5.73 Å². The molecule has 5 heteroatoms. The second-order valence-corrected chi connectivity index (χ2v) is 4.22. The average molecular weight is 224 g/mol. The van der Waals surface area contributed by atoms with E-state index in [0.29, 0.717) is 6.54 Å². The molecule has 0 saturated carbocycles. The number of nitrogens with zero attached hydrogens (tertiary/aromatic N) is 1. The van der Waals surface area contributed by atoms with E-state index in [-0.39, 0.29) is 19.0 Å². The Morgan fingerprint density at radius 1 is 1.40 bits per heavy atom. The van der Waals surface area contributed by atoms with Crippen molar-refractivity contribution in [3.05, 3.63) is 0 Å². The van der Waals surface area contributed by atoms with Crippen molar-refractivity contribution < 1.29 is 13.2 Å². The highest BCUT2D eigenvalue weighted by atomic mass is 19.4. The molecule has 0 spiro atoms. The molecule has 0 radical (unpaired) electrons. The zero-order chi connectivity index (χ0) is 11.5. The van der Waals surface area contributed by atoms with Gasteiger partial charge in [0, 0.05) is 6.04 Å². The van der Waals surface area contributed by atoms with Crippen molar-refractivity contribution in [2.75, 3.05) is 13.1 Å². The quantitative estimate of drug-likeness (QED) is 0.795. The van der Waals surface area contributed by atoms with Gasteiger partial charge in [-0.25, -0.2) is 0 Å². The smallest absolute Gasteiger partial charge is 0.330 e. The van der Waals surface area contributed by atoms with Crippen molar-refractivity contribution in [3.63, 3.8) is 0 Å². The van der Waals surface area contributed by atoms with Crippen molar-refractivity contribution in [2.45, 2.75) is 50.9 Å². The topological polar surface area (TPSA) is 29.3 Å². The molecule has 1 fully saturated rings. The molecule has 1 aliphatic rings. The van der Waals surface area contributed by atoms with Gasteiger partial charge in [0.2, 0.25) is 0 Å². The molecule has 0 aliphatic carbocycles. The summed E-state index contributed by atoms with van der Waals surface area (Å²) in [5, 5.41) is 0. The fourth-order valence-corrected chi connectivity index (χ4v) is 2.26. The third kappa shape index (κ3) is 3.34. The highest BCUT2D eigenvalue weighted by molar-refractivity contribution is 4.85. The normalized spacial score (nSPS) is 26.6. The first-order valence-electron chi connectivity index (χ1n) is 5.49. The molecule has 2 unspecified atom stereocenters. The molecule has 15 heavy (non-hydrogen) atoms. The summed E-state index contributed by atoms with van der Waals surface area (Å²) in [6.07, 6.45) is -1.39. The predicted octanol–water partition coefficient (Wildman–Crippen LogP) is 2.14. The summed E-state index contributed by atoms with van der Waals surface area (Å²) in [4.78, 5) is 1.57. The van der Waals surface area contributed by atoms with Crippen LogP contribution < -0.4 is 5.73 Å².